The second-order valence-corrected chi connectivity index (χ2v) is 9.85. The summed E-state index contributed by atoms with van der Waals surface area (Å²) in [5.74, 6) is 3.58. The molecule has 0 aromatic rings. The Hall–Kier alpha value is -0.0800. The summed E-state index contributed by atoms with van der Waals surface area (Å²) >= 11 is 0. The van der Waals surface area contributed by atoms with Gasteiger partial charge in [0.05, 0.1) is 13.2 Å². The van der Waals surface area contributed by atoms with E-state index in [4.69, 9.17) is 9.47 Å². The second-order valence-electron chi connectivity index (χ2n) is 9.85. The molecule has 4 aliphatic carbocycles. The van der Waals surface area contributed by atoms with E-state index in [1.165, 1.54) is 57.8 Å². The van der Waals surface area contributed by atoms with Crippen molar-refractivity contribution < 1.29 is 9.47 Å². The molecule has 4 saturated carbocycles. The van der Waals surface area contributed by atoms with Gasteiger partial charge in [0, 0.05) is 11.8 Å². The summed E-state index contributed by atoms with van der Waals surface area (Å²) in [5.41, 5.74) is 0.929. The van der Waals surface area contributed by atoms with Crippen molar-refractivity contribution in [2.45, 2.75) is 112 Å². The molecule has 5 rings (SSSR count). The van der Waals surface area contributed by atoms with Crippen LogP contribution < -0.4 is 0 Å². The van der Waals surface area contributed by atoms with Crippen molar-refractivity contribution >= 4 is 0 Å². The Morgan fingerprint density at radius 1 is 0.667 bits per heavy atom. The predicted octanol–water partition coefficient (Wildman–Crippen LogP) is 7.21. The van der Waals surface area contributed by atoms with Crippen LogP contribution in [0.5, 0.6) is 0 Å². The smallest absolute Gasteiger partial charge is 0.174 e. The number of fused-ring (bicyclic) bond motifs is 6. The van der Waals surface area contributed by atoms with Gasteiger partial charge in [0.1, 0.15) is 0 Å². The molecular weight excluding hydrogens is 332 g/mol. The quantitative estimate of drug-likeness (QED) is 0.443. The summed E-state index contributed by atoms with van der Waals surface area (Å²) in [6, 6.07) is 0. The van der Waals surface area contributed by atoms with Crippen molar-refractivity contribution in [2.75, 3.05) is 13.2 Å². The molecule has 1 saturated heterocycles. The van der Waals surface area contributed by atoms with Crippen molar-refractivity contribution in [3.05, 3.63) is 0 Å². The first-order chi connectivity index (χ1) is 13.1. The number of ether oxygens (including phenoxy) is 2. The maximum atomic E-state index is 6.26. The van der Waals surface area contributed by atoms with Crippen LogP contribution in [0.25, 0.3) is 0 Å². The molecule has 2 heteroatoms. The summed E-state index contributed by atoms with van der Waals surface area (Å²) in [6.45, 7) is 14.8. The minimum atomic E-state index is -0.215. The Balaban J connectivity index is 0.000000495. The molecule has 6 atom stereocenters. The van der Waals surface area contributed by atoms with Crippen LogP contribution in [0.15, 0.2) is 0 Å². The third-order valence-corrected chi connectivity index (χ3v) is 9.38. The molecule has 0 bridgehead atoms. The SMILES string of the molecule is CC.CC.CC12CCCCC1CCC1C2CCC2(C)C1CCC21OCCO1. The average Bonchev–Trinajstić information content (AvgIpc) is 3.31. The minimum absolute atomic E-state index is 0.215. The average molecular weight is 379 g/mol. The highest BCUT2D eigenvalue weighted by Crippen LogP contribution is 2.69. The van der Waals surface area contributed by atoms with Crippen LogP contribution in [-0.4, -0.2) is 19.0 Å². The van der Waals surface area contributed by atoms with Crippen molar-refractivity contribution in [1.29, 1.82) is 0 Å². The van der Waals surface area contributed by atoms with E-state index in [9.17, 15) is 0 Å². The highest BCUT2D eigenvalue weighted by atomic mass is 16.7. The molecule has 2 nitrogen and oxygen atoms in total. The molecule has 6 unspecified atom stereocenters. The van der Waals surface area contributed by atoms with Gasteiger partial charge in [-0.15, -0.1) is 0 Å². The fourth-order valence-corrected chi connectivity index (χ4v) is 8.18. The lowest BCUT2D eigenvalue weighted by Gasteiger charge is -2.61. The Kier molecular flexibility index (Phi) is 6.68. The lowest BCUT2D eigenvalue weighted by molar-refractivity contribution is -0.247. The molecule has 1 aliphatic heterocycles. The van der Waals surface area contributed by atoms with Crippen molar-refractivity contribution in [2.24, 2.45) is 34.5 Å². The van der Waals surface area contributed by atoms with Gasteiger partial charge in [-0.05, 0) is 74.0 Å². The van der Waals surface area contributed by atoms with E-state index < -0.39 is 0 Å². The molecular formula is C25H46O2. The Morgan fingerprint density at radius 3 is 2.04 bits per heavy atom. The van der Waals surface area contributed by atoms with E-state index in [2.05, 4.69) is 13.8 Å². The van der Waals surface area contributed by atoms with Crippen LogP contribution in [0, 0.1) is 34.5 Å². The number of rotatable bonds is 0. The molecule has 0 aromatic carbocycles. The maximum Gasteiger partial charge on any atom is 0.174 e. The number of hydrogen-bond acceptors (Lipinski definition) is 2. The van der Waals surface area contributed by atoms with Gasteiger partial charge >= 0.3 is 0 Å². The van der Waals surface area contributed by atoms with E-state index >= 15 is 0 Å². The van der Waals surface area contributed by atoms with Crippen LogP contribution in [0.4, 0.5) is 0 Å². The van der Waals surface area contributed by atoms with Gasteiger partial charge in [-0.3, -0.25) is 0 Å². The summed E-state index contributed by atoms with van der Waals surface area (Å²) in [7, 11) is 0. The predicted molar refractivity (Wildman–Crippen MR) is 114 cm³/mol. The van der Waals surface area contributed by atoms with E-state index in [0.29, 0.717) is 5.41 Å². The highest BCUT2D eigenvalue weighted by molar-refractivity contribution is 5.12. The van der Waals surface area contributed by atoms with Crippen LogP contribution in [0.2, 0.25) is 0 Å². The summed E-state index contributed by atoms with van der Waals surface area (Å²) in [4.78, 5) is 0. The normalized spacial score (nSPS) is 46.9. The van der Waals surface area contributed by atoms with E-state index in [1.54, 1.807) is 0 Å². The first-order valence-corrected chi connectivity index (χ1v) is 12.4. The maximum absolute atomic E-state index is 6.26. The zero-order valence-corrected chi connectivity index (χ0v) is 19.1. The lowest BCUT2D eigenvalue weighted by Crippen LogP contribution is -2.56. The van der Waals surface area contributed by atoms with Gasteiger partial charge in [0.2, 0.25) is 0 Å². The van der Waals surface area contributed by atoms with Crippen LogP contribution in [0.3, 0.4) is 0 Å². The Bertz CT molecular complexity index is 483. The molecule has 27 heavy (non-hydrogen) atoms. The van der Waals surface area contributed by atoms with Crippen molar-refractivity contribution in [1.82, 2.24) is 0 Å². The Morgan fingerprint density at radius 2 is 1.33 bits per heavy atom. The zero-order valence-electron chi connectivity index (χ0n) is 19.1. The molecule has 0 aromatic heterocycles. The van der Waals surface area contributed by atoms with Crippen LogP contribution in [-0.2, 0) is 9.47 Å². The van der Waals surface area contributed by atoms with Gasteiger partial charge in [-0.2, -0.15) is 0 Å². The summed E-state index contributed by atoms with van der Waals surface area (Å²) < 4.78 is 12.5. The van der Waals surface area contributed by atoms with Gasteiger partial charge in [-0.25, -0.2) is 0 Å². The second kappa shape index (κ2) is 8.34. The first-order valence-electron chi connectivity index (χ1n) is 12.4. The Labute approximate surface area is 169 Å². The molecule has 5 aliphatic rings. The molecule has 1 heterocycles. The summed E-state index contributed by atoms with van der Waals surface area (Å²) in [5, 5.41) is 0. The zero-order chi connectivity index (χ0) is 19.7. The minimum Gasteiger partial charge on any atom is -0.347 e. The molecule has 5 fully saturated rings. The van der Waals surface area contributed by atoms with Gasteiger partial charge in [0.15, 0.2) is 5.79 Å². The van der Waals surface area contributed by atoms with Crippen molar-refractivity contribution in [3.63, 3.8) is 0 Å². The van der Waals surface area contributed by atoms with Gasteiger partial charge in [0.25, 0.3) is 0 Å². The lowest BCUT2D eigenvalue weighted by atomic mass is 9.45. The third-order valence-electron chi connectivity index (χ3n) is 9.38. The van der Waals surface area contributed by atoms with Crippen molar-refractivity contribution in [3.8, 4) is 0 Å². The molecule has 0 amide bonds. The fourth-order valence-electron chi connectivity index (χ4n) is 8.18. The van der Waals surface area contributed by atoms with E-state index in [0.717, 1.165) is 43.3 Å². The standard InChI is InChI=1S/C21H34O2.2C2H6/c1-19-10-4-3-5-15(19)6-7-16-17(19)8-11-20(2)18(16)9-12-21(20)22-13-14-23-21;2*1-2/h15-18H,3-14H2,1-2H3;2*1-2H3. The van der Waals surface area contributed by atoms with E-state index in [-0.39, 0.29) is 11.2 Å². The fraction of sp³-hybridized carbons (Fsp3) is 1.00. The summed E-state index contributed by atoms with van der Waals surface area (Å²) in [6.07, 6.45) is 14.2. The van der Waals surface area contributed by atoms with Crippen LogP contribution >= 0.6 is 0 Å². The molecule has 0 radical (unpaired) electrons. The highest BCUT2D eigenvalue weighted by Gasteiger charge is 2.66. The van der Waals surface area contributed by atoms with E-state index in [1.807, 2.05) is 27.7 Å². The monoisotopic (exact) mass is 378 g/mol. The van der Waals surface area contributed by atoms with Gasteiger partial charge < -0.3 is 9.47 Å². The molecule has 1 spiro atoms. The third kappa shape index (κ3) is 3.12. The van der Waals surface area contributed by atoms with Gasteiger partial charge in [-0.1, -0.05) is 54.4 Å². The number of hydrogen-bond donors (Lipinski definition) is 0. The topological polar surface area (TPSA) is 18.5 Å². The molecule has 0 N–H and O–H groups in total. The molecule has 158 valence electrons. The first kappa shape index (κ1) is 21.6. The largest absolute Gasteiger partial charge is 0.347 e. The van der Waals surface area contributed by atoms with Crippen LogP contribution in [0.1, 0.15) is 106 Å².